The van der Waals surface area contributed by atoms with Crippen molar-refractivity contribution in [3.8, 4) is 0 Å². The van der Waals surface area contributed by atoms with Crippen LogP contribution < -0.4 is 0 Å². The summed E-state index contributed by atoms with van der Waals surface area (Å²) in [7, 11) is -0.768. The van der Waals surface area contributed by atoms with Crippen molar-refractivity contribution in [2.75, 3.05) is 13.1 Å². The maximum atomic E-state index is 11.0. The van der Waals surface area contributed by atoms with Gasteiger partial charge < -0.3 is 14.6 Å². The molecule has 0 spiro atoms. The van der Waals surface area contributed by atoms with Gasteiger partial charge in [-0.05, 0) is 13.1 Å². The molecule has 1 saturated heterocycles. The molecule has 7 heteroatoms. The number of rotatable bonds is 1. The topological polar surface area (TPSA) is 66.7 Å². The molecule has 1 aliphatic heterocycles. The predicted octanol–water partition coefficient (Wildman–Crippen LogP) is 0.356. The Morgan fingerprint density at radius 2 is 1.64 bits per heavy atom. The zero-order chi connectivity index (χ0) is 9.84. The second-order valence-corrected chi connectivity index (χ2v) is 3.13. The third-order valence-corrected chi connectivity index (χ3v) is 1.52. The van der Waals surface area contributed by atoms with Crippen molar-refractivity contribution in [2.24, 2.45) is 0 Å². The minimum atomic E-state index is -0.768. The molecule has 0 amide bonds. The van der Waals surface area contributed by atoms with Gasteiger partial charge in [-0.3, -0.25) is 9.59 Å². The van der Waals surface area contributed by atoms with Crippen LogP contribution in [0.25, 0.3) is 5.32 Å². The Bertz CT molecular complexity index is 206. The van der Waals surface area contributed by atoms with Crippen LogP contribution in [-0.4, -0.2) is 32.1 Å². The van der Waals surface area contributed by atoms with Crippen LogP contribution in [0, 0.1) is 0 Å². The number of hydrogen-bond donors (Lipinski definition) is 0. The van der Waals surface area contributed by atoms with E-state index in [0.29, 0.717) is 0 Å². The van der Waals surface area contributed by atoms with Gasteiger partial charge in [-0.15, -0.1) is 0 Å². The van der Waals surface area contributed by atoms with Crippen LogP contribution in [-0.2, 0) is 39.3 Å². The van der Waals surface area contributed by atoms with Crippen molar-refractivity contribution >= 4 is 19.1 Å². The molecular weight excluding hydrogens is 359 g/mol. The first-order chi connectivity index (χ1) is 6.09. The summed E-state index contributed by atoms with van der Waals surface area (Å²) in [6.45, 7) is 3.48. The van der Waals surface area contributed by atoms with Gasteiger partial charge in [0.1, 0.15) is 0 Å². The van der Waals surface area contributed by atoms with Crippen LogP contribution in [0.15, 0.2) is 0 Å². The normalized spacial score (nSPS) is 17.8. The van der Waals surface area contributed by atoms with E-state index >= 15 is 0 Å². The van der Waals surface area contributed by atoms with Gasteiger partial charge in [0.15, 0.2) is 0 Å². The number of nitrogens with zero attached hydrogens (tertiary/aromatic N) is 1. The number of carbonyl (C=O) groups is 2. The summed E-state index contributed by atoms with van der Waals surface area (Å²) in [5.41, 5.74) is 0. The smallest absolute Gasteiger partial charge is 0.601 e. The Hall–Kier alpha value is -0.373. The predicted molar refractivity (Wildman–Crippen MR) is 46.1 cm³/mol. The van der Waals surface area contributed by atoms with E-state index in [1.165, 1.54) is 0 Å². The average Bonchev–Trinajstić information content (AvgIpc) is 1.99. The van der Waals surface area contributed by atoms with E-state index in [9.17, 15) is 9.59 Å². The third-order valence-electron chi connectivity index (χ3n) is 1.52. The van der Waals surface area contributed by atoms with Crippen molar-refractivity contribution in [1.29, 1.82) is 0 Å². The molecule has 1 fully saturated rings. The summed E-state index contributed by atoms with van der Waals surface area (Å²) in [6.07, 6.45) is 0. The second kappa shape index (κ2) is 6.17. The second-order valence-electron chi connectivity index (χ2n) is 3.13. The maximum Gasteiger partial charge on any atom is 0.601 e. The molecule has 0 bridgehead atoms. The first-order valence-electron chi connectivity index (χ1n) is 4.12. The summed E-state index contributed by atoms with van der Waals surface area (Å²) < 4.78 is 9.69. The van der Waals surface area contributed by atoms with E-state index in [1.54, 1.807) is 0 Å². The molecule has 1 radical (unpaired) electrons. The van der Waals surface area contributed by atoms with E-state index in [0.717, 1.165) is 0 Å². The first kappa shape index (κ1) is 13.6. The summed E-state index contributed by atoms with van der Waals surface area (Å²) >= 11 is 0. The minimum absolute atomic E-state index is 0. The third kappa shape index (κ3) is 4.23. The summed E-state index contributed by atoms with van der Waals surface area (Å²) in [6, 6.07) is 0. The van der Waals surface area contributed by atoms with Gasteiger partial charge in [0.05, 0.1) is 0 Å². The zero-order valence-corrected chi connectivity index (χ0v) is 10.7. The number of hydrogen-bond acceptors (Lipinski definition) is 4. The maximum absolute atomic E-state index is 11.0. The SMILES string of the molecule is CC(C)B1OC(=O)C[N-]CC(=O)O1.[Re]. The average molecular weight is 370 g/mol. The molecule has 1 rings (SSSR count). The fraction of sp³-hybridized carbons (Fsp3) is 0.714. The van der Waals surface area contributed by atoms with Crippen molar-refractivity contribution in [1.82, 2.24) is 0 Å². The fourth-order valence-electron chi connectivity index (χ4n) is 0.868. The Balaban J connectivity index is 0.00000169. The summed E-state index contributed by atoms with van der Waals surface area (Å²) in [5, 5.41) is 3.64. The molecule has 0 aromatic rings. The molecule has 5 nitrogen and oxygen atoms in total. The van der Waals surface area contributed by atoms with Gasteiger partial charge in [-0.2, -0.15) is 0 Å². The quantitative estimate of drug-likeness (QED) is 0.625. The van der Waals surface area contributed by atoms with Gasteiger partial charge in [0.25, 0.3) is 11.9 Å². The van der Waals surface area contributed by atoms with Crippen LogP contribution in [0.1, 0.15) is 13.8 Å². The Kier molecular flexibility index (Phi) is 6.01. The molecular formula is C7H11BNO4Re-. The van der Waals surface area contributed by atoms with Gasteiger partial charge in [0, 0.05) is 26.2 Å². The molecule has 1 aliphatic rings. The van der Waals surface area contributed by atoms with E-state index in [1.807, 2.05) is 13.8 Å². The molecule has 1 heterocycles. The number of carbonyl (C=O) groups excluding carboxylic acids is 2. The van der Waals surface area contributed by atoms with Crippen LogP contribution in [0.3, 0.4) is 0 Å². The van der Waals surface area contributed by atoms with Crippen molar-refractivity contribution in [2.45, 2.75) is 19.7 Å². The summed E-state index contributed by atoms with van der Waals surface area (Å²) in [4.78, 5) is 21.9. The monoisotopic (exact) mass is 371 g/mol. The van der Waals surface area contributed by atoms with Crippen molar-refractivity contribution in [3.63, 3.8) is 0 Å². The molecule has 0 aliphatic carbocycles. The largest absolute Gasteiger partial charge is 0.644 e. The van der Waals surface area contributed by atoms with Gasteiger partial charge >= 0.3 is 7.12 Å². The molecule has 0 N–H and O–H groups in total. The van der Waals surface area contributed by atoms with E-state index in [-0.39, 0.29) is 39.3 Å². The molecule has 0 saturated carbocycles. The van der Waals surface area contributed by atoms with E-state index < -0.39 is 19.1 Å². The first-order valence-corrected chi connectivity index (χ1v) is 4.12. The Morgan fingerprint density at radius 3 is 2.00 bits per heavy atom. The molecule has 0 aromatic heterocycles. The van der Waals surface area contributed by atoms with E-state index in [2.05, 4.69) is 5.32 Å². The van der Waals surface area contributed by atoms with Crippen molar-refractivity contribution < 1.29 is 39.3 Å². The van der Waals surface area contributed by atoms with Crippen LogP contribution in [0.2, 0.25) is 5.82 Å². The molecule has 0 atom stereocenters. The molecule has 0 unspecified atom stereocenters. The van der Waals surface area contributed by atoms with E-state index in [4.69, 9.17) is 9.31 Å². The van der Waals surface area contributed by atoms with Gasteiger partial charge in [-0.1, -0.05) is 13.8 Å². The Morgan fingerprint density at radius 1 is 1.21 bits per heavy atom. The molecule has 0 aromatic carbocycles. The van der Waals surface area contributed by atoms with Gasteiger partial charge in [0.2, 0.25) is 0 Å². The standard InChI is InChI=1S/C7H11BNO4.Re/c1-5(2)8-12-6(10)3-9-4-7(11)13-8;/h5H,3-4H2,1-2H3;/q-1;. The Labute approximate surface area is 96.7 Å². The molecule has 79 valence electrons. The zero-order valence-electron chi connectivity index (χ0n) is 8.03. The van der Waals surface area contributed by atoms with Crippen LogP contribution in [0.4, 0.5) is 0 Å². The van der Waals surface area contributed by atoms with Crippen LogP contribution in [0.5, 0.6) is 0 Å². The van der Waals surface area contributed by atoms with Crippen LogP contribution >= 0.6 is 0 Å². The molecule has 14 heavy (non-hydrogen) atoms. The minimum Gasteiger partial charge on any atom is -0.644 e. The van der Waals surface area contributed by atoms with Gasteiger partial charge in [-0.25, -0.2) is 0 Å². The van der Waals surface area contributed by atoms with Crippen molar-refractivity contribution in [3.05, 3.63) is 5.32 Å². The summed E-state index contributed by atoms with van der Waals surface area (Å²) in [5.74, 6) is -0.941. The fourth-order valence-corrected chi connectivity index (χ4v) is 0.868.